The maximum absolute atomic E-state index is 14.5. The Labute approximate surface area is 248 Å². The van der Waals surface area contributed by atoms with Crippen LogP contribution < -0.4 is 5.32 Å². The van der Waals surface area contributed by atoms with E-state index in [0.29, 0.717) is 31.1 Å². The third-order valence-corrected chi connectivity index (χ3v) is 7.56. The number of likely N-dealkylation sites (N-methyl/N-ethyl adjacent to an activating group) is 2. The Hall–Kier alpha value is -4.30. The summed E-state index contributed by atoms with van der Waals surface area (Å²) in [5, 5.41) is 3.33. The normalized spacial score (nSPS) is 16.7. The molecule has 2 aliphatic rings. The minimum atomic E-state index is -1.41. The lowest BCUT2D eigenvalue weighted by Crippen LogP contribution is -2.36. The number of rotatable bonds is 10. The lowest BCUT2D eigenvalue weighted by molar-refractivity contribution is -0.117. The Morgan fingerprint density at radius 3 is 2.60 bits per heavy atom. The number of carbonyl (C=O) groups excluding carboxylic acids is 1. The summed E-state index contributed by atoms with van der Waals surface area (Å²) in [7, 11) is 4.07. The molecule has 0 aliphatic carbocycles. The number of carbonyl (C=O) groups is 1. The van der Waals surface area contributed by atoms with Crippen LogP contribution in [0.2, 0.25) is 0 Å². The van der Waals surface area contributed by atoms with Gasteiger partial charge in [0.05, 0.1) is 23.6 Å². The van der Waals surface area contributed by atoms with Gasteiger partial charge in [0.25, 0.3) is 0 Å². The first-order chi connectivity index (χ1) is 20.0. The number of anilines is 1. The van der Waals surface area contributed by atoms with Crippen molar-refractivity contribution in [2.75, 3.05) is 32.5 Å². The molecular weight excluding hydrogens is 527 g/mol. The van der Waals surface area contributed by atoms with Crippen molar-refractivity contribution >= 4 is 23.1 Å². The van der Waals surface area contributed by atoms with E-state index < -0.39 is 5.67 Å². The highest BCUT2D eigenvalue weighted by Crippen LogP contribution is 2.42. The first-order valence-electron chi connectivity index (χ1n) is 14.2. The van der Waals surface area contributed by atoms with Gasteiger partial charge in [0.15, 0.2) is 0 Å². The highest BCUT2D eigenvalue weighted by Gasteiger charge is 2.37. The van der Waals surface area contributed by atoms with Crippen LogP contribution in [-0.2, 0) is 17.0 Å². The van der Waals surface area contributed by atoms with Crippen LogP contribution in [0.4, 0.5) is 10.3 Å². The van der Waals surface area contributed by atoms with Gasteiger partial charge in [-0.25, -0.2) is 14.4 Å². The van der Waals surface area contributed by atoms with Crippen molar-refractivity contribution < 1.29 is 9.18 Å². The van der Waals surface area contributed by atoms with Crippen LogP contribution >= 0.6 is 0 Å². The molecule has 0 radical (unpaired) electrons. The number of alkyl halides is 1. The molecule has 0 amide bonds. The van der Waals surface area contributed by atoms with E-state index in [0.717, 1.165) is 33.8 Å². The Balaban J connectivity index is 1.46. The summed E-state index contributed by atoms with van der Waals surface area (Å²) < 4.78 is 14.5. The predicted octanol–water partition coefficient (Wildman–Crippen LogP) is 5.98. The third-order valence-electron chi connectivity index (χ3n) is 7.56. The number of hydrogen-bond acceptors (Lipinski definition) is 7. The molecule has 7 nitrogen and oxygen atoms in total. The van der Waals surface area contributed by atoms with Crippen LogP contribution in [0.15, 0.2) is 84.7 Å². The molecule has 1 aromatic heterocycles. The number of Topliss-reactive ketones (excluding diaryl/α,β-unsaturated/α-hetero) is 1. The fourth-order valence-corrected chi connectivity index (χ4v) is 5.48. The number of aryl methyl sites for hydroxylation is 1. The summed E-state index contributed by atoms with van der Waals surface area (Å²) >= 11 is 0. The zero-order chi connectivity index (χ0) is 30.0. The molecule has 2 aliphatic heterocycles. The number of hydrogen-bond donors (Lipinski definition) is 1. The summed E-state index contributed by atoms with van der Waals surface area (Å²) in [4.78, 5) is 27.6. The fraction of sp³-hybridized carbons (Fsp3) is 0.324. The van der Waals surface area contributed by atoms with Crippen LogP contribution in [0, 0.1) is 6.92 Å². The molecule has 42 heavy (non-hydrogen) atoms. The van der Waals surface area contributed by atoms with Crippen LogP contribution in [0.5, 0.6) is 0 Å². The van der Waals surface area contributed by atoms with Crippen LogP contribution in [0.25, 0.3) is 11.4 Å². The number of fused-ring (bicyclic) bond motifs is 1. The van der Waals surface area contributed by atoms with E-state index in [4.69, 9.17) is 4.98 Å². The highest BCUT2D eigenvalue weighted by molar-refractivity contribution is 5.91. The first-order valence-corrected chi connectivity index (χ1v) is 14.2. The van der Waals surface area contributed by atoms with Gasteiger partial charge in [-0.1, -0.05) is 54.1 Å². The number of ketones is 1. The molecule has 2 aromatic carbocycles. The van der Waals surface area contributed by atoms with Gasteiger partial charge in [0.1, 0.15) is 17.6 Å². The Kier molecular flexibility index (Phi) is 8.27. The first kappa shape index (κ1) is 29.2. The van der Waals surface area contributed by atoms with E-state index in [1.165, 1.54) is 5.56 Å². The lowest BCUT2D eigenvalue weighted by Gasteiger charge is -2.32. The molecule has 8 heteroatoms. The van der Waals surface area contributed by atoms with E-state index in [9.17, 15) is 9.18 Å². The molecule has 0 spiro atoms. The van der Waals surface area contributed by atoms with E-state index in [1.54, 1.807) is 33.0 Å². The standard InChI is InChI=1S/C34H39FN6O/c1-23-10-12-27(13-11-23)31-32(41-17-15-26(19-30(41)40(31)6)22-39(5)21-24(2)42)29-14-16-36-33(38-29)37-20-25-8-7-9-28(18-25)34(3,4)35/h7-19,30H,20-22H2,1-6H3,(H,36,37,38). The minimum absolute atomic E-state index is 0.0415. The van der Waals surface area contributed by atoms with Gasteiger partial charge in [0, 0.05) is 38.1 Å². The molecular formula is C34H39FN6O. The van der Waals surface area contributed by atoms with Crippen molar-refractivity contribution in [3.63, 3.8) is 0 Å². The zero-order valence-corrected chi connectivity index (χ0v) is 25.2. The van der Waals surface area contributed by atoms with Gasteiger partial charge >= 0.3 is 0 Å². The van der Waals surface area contributed by atoms with Crippen molar-refractivity contribution in [1.82, 2.24) is 24.7 Å². The number of nitrogens with one attached hydrogen (secondary N) is 1. The van der Waals surface area contributed by atoms with E-state index >= 15 is 0 Å². The minimum Gasteiger partial charge on any atom is -0.350 e. The second-order valence-electron chi connectivity index (χ2n) is 11.7. The van der Waals surface area contributed by atoms with E-state index in [1.807, 2.05) is 36.2 Å². The molecule has 3 aromatic rings. The molecule has 218 valence electrons. The summed E-state index contributed by atoms with van der Waals surface area (Å²) in [6, 6.07) is 18.0. The topological polar surface area (TPSA) is 64.6 Å². The second kappa shape index (κ2) is 11.9. The maximum Gasteiger partial charge on any atom is 0.223 e. The number of nitrogens with zero attached hydrogens (tertiary/aromatic N) is 5. The average Bonchev–Trinajstić information content (AvgIpc) is 3.23. The van der Waals surface area contributed by atoms with Gasteiger partial charge in [-0.2, -0.15) is 0 Å². The van der Waals surface area contributed by atoms with Gasteiger partial charge in [-0.15, -0.1) is 0 Å². The molecule has 0 fully saturated rings. The summed E-state index contributed by atoms with van der Waals surface area (Å²) in [6.07, 6.45) is 8.19. The van der Waals surface area contributed by atoms with Gasteiger partial charge in [-0.05, 0) is 69.7 Å². The van der Waals surface area contributed by atoms with E-state index in [2.05, 4.69) is 76.7 Å². The van der Waals surface area contributed by atoms with Crippen molar-refractivity contribution in [1.29, 1.82) is 0 Å². The van der Waals surface area contributed by atoms with Gasteiger partial charge in [-0.3, -0.25) is 9.69 Å². The molecule has 1 unspecified atom stereocenters. The zero-order valence-electron chi connectivity index (χ0n) is 25.2. The molecule has 5 rings (SSSR count). The number of benzene rings is 2. The molecule has 1 N–H and O–H groups in total. The maximum atomic E-state index is 14.5. The lowest BCUT2D eigenvalue weighted by atomic mass is 9.98. The van der Waals surface area contributed by atoms with Gasteiger partial charge in [0.2, 0.25) is 5.95 Å². The van der Waals surface area contributed by atoms with Crippen molar-refractivity contribution in [2.24, 2.45) is 0 Å². The van der Waals surface area contributed by atoms with Crippen molar-refractivity contribution in [3.05, 3.63) is 113 Å². The smallest absolute Gasteiger partial charge is 0.223 e. The summed E-state index contributed by atoms with van der Waals surface area (Å²) in [5.74, 6) is 0.651. The summed E-state index contributed by atoms with van der Waals surface area (Å²) in [6.45, 7) is 8.41. The van der Waals surface area contributed by atoms with Crippen molar-refractivity contribution in [3.8, 4) is 0 Å². The fourth-order valence-electron chi connectivity index (χ4n) is 5.48. The highest BCUT2D eigenvalue weighted by atomic mass is 19.1. The van der Waals surface area contributed by atoms with E-state index in [-0.39, 0.29) is 11.9 Å². The predicted molar refractivity (Wildman–Crippen MR) is 167 cm³/mol. The van der Waals surface area contributed by atoms with Crippen LogP contribution in [-0.4, -0.2) is 63.8 Å². The molecule has 3 heterocycles. The molecule has 0 saturated carbocycles. The average molecular weight is 567 g/mol. The summed E-state index contributed by atoms with van der Waals surface area (Å²) in [5.41, 5.74) is 6.50. The quantitative estimate of drug-likeness (QED) is 0.324. The Morgan fingerprint density at radius 2 is 1.88 bits per heavy atom. The molecule has 0 bridgehead atoms. The Morgan fingerprint density at radius 1 is 1.12 bits per heavy atom. The van der Waals surface area contributed by atoms with Crippen LogP contribution in [0.3, 0.4) is 0 Å². The number of aromatic nitrogens is 2. The van der Waals surface area contributed by atoms with Crippen molar-refractivity contribution in [2.45, 2.75) is 46.1 Å². The second-order valence-corrected chi connectivity index (χ2v) is 11.7. The largest absolute Gasteiger partial charge is 0.350 e. The van der Waals surface area contributed by atoms with Crippen LogP contribution in [0.1, 0.15) is 48.7 Å². The third kappa shape index (κ3) is 6.44. The monoisotopic (exact) mass is 566 g/mol. The Bertz CT molecular complexity index is 1550. The SMILES string of the molecule is CC(=O)CN(C)CC1=CC2N(C)C(c3ccc(C)cc3)=C(c3ccnc(NCc4cccc(C(C)(C)F)c4)n3)N2C=C1. The molecule has 1 atom stereocenters. The molecule has 0 saturated heterocycles. The number of halogens is 1. The van der Waals surface area contributed by atoms with Gasteiger partial charge < -0.3 is 15.1 Å².